The molecule has 1 saturated carbocycles. The third-order valence-electron chi connectivity index (χ3n) is 3.20. The number of nitrogens with one attached hydrogen (secondary N) is 1. The van der Waals surface area contributed by atoms with Gasteiger partial charge < -0.3 is 5.11 Å². The second kappa shape index (κ2) is 6.46. The van der Waals surface area contributed by atoms with Crippen molar-refractivity contribution in [3.8, 4) is 0 Å². The van der Waals surface area contributed by atoms with Gasteiger partial charge in [-0.3, -0.25) is 0 Å². The quantitative estimate of drug-likeness (QED) is 0.834. The van der Waals surface area contributed by atoms with E-state index in [-0.39, 0.29) is 15.8 Å². The van der Waals surface area contributed by atoms with Crippen molar-refractivity contribution in [3.63, 3.8) is 0 Å². The number of carboxylic acids is 1. The van der Waals surface area contributed by atoms with Crippen LogP contribution < -0.4 is 4.72 Å². The van der Waals surface area contributed by atoms with E-state index in [1.165, 1.54) is 11.4 Å². The minimum Gasteiger partial charge on any atom is -0.478 e. The zero-order chi connectivity index (χ0) is 14.8. The van der Waals surface area contributed by atoms with Crippen LogP contribution in [0.2, 0.25) is 0 Å². The van der Waals surface area contributed by atoms with Crippen LogP contribution in [0.1, 0.15) is 36.5 Å². The topological polar surface area (TPSA) is 83.5 Å². The first kappa shape index (κ1) is 15.8. The molecule has 0 amide bonds. The maximum absolute atomic E-state index is 12.2. The van der Waals surface area contributed by atoms with Gasteiger partial charge >= 0.3 is 5.97 Å². The fourth-order valence-electron chi connectivity index (χ4n) is 2.28. The molecular weight excluding hydrogens is 318 g/mol. The highest BCUT2D eigenvalue weighted by atomic mass is 32.2. The summed E-state index contributed by atoms with van der Waals surface area (Å²) >= 11 is 2.81. The van der Waals surface area contributed by atoms with Gasteiger partial charge in [-0.1, -0.05) is 6.92 Å². The second-order valence-electron chi connectivity index (χ2n) is 4.67. The van der Waals surface area contributed by atoms with Crippen molar-refractivity contribution in [3.05, 3.63) is 17.0 Å². The summed E-state index contributed by atoms with van der Waals surface area (Å²) in [6.45, 7) is 2.10. The molecule has 5 nitrogen and oxygen atoms in total. The minimum absolute atomic E-state index is 0.0150. The Hall–Kier alpha value is -0.570. The number of rotatable bonds is 6. The largest absolute Gasteiger partial charge is 0.478 e. The van der Waals surface area contributed by atoms with Gasteiger partial charge in [0.1, 0.15) is 4.21 Å². The molecule has 1 aromatic rings. The van der Waals surface area contributed by atoms with Gasteiger partial charge in [0.25, 0.3) is 0 Å². The number of carboxylic acid groups (broad SMARTS) is 1. The summed E-state index contributed by atoms with van der Waals surface area (Å²) < 4.78 is 27.1. The molecule has 2 N–H and O–H groups in total. The van der Waals surface area contributed by atoms with Crippen molar-refractivity contribution in [1.29, 1.82) is 0 Å². The van der Waals surface area contributed by atoms with Crippen LogP contribution in [0.3, 0.4) is 0 Å². The molecule has 0 saturated heterocycles. The Kier molecular flexibility index (Phi) is 5.11. The van der Waals surface area contributed by atoms with Crippen LogP contribution in [0.15, 0.2) is 15.7 Å². The normalized spacial score (nSPS) is 23.1. The van der Waals surface area contributed by atoms with Crippen LogP contribution in [0.4, 0.5) is 0 Å². The highest BCUT2D eigenvalue weighted by Gasteiger charge is 2.29. The van der Waals surface area contributed by atoms with E-state index in [1.807, 2.05) is 11.8 Å². The summed E-state index contributed by atoms with van der Waals surface area (Å²) in [6.07, 6.45) is 2.71. The lowest BCUT2D eigenvalue weighted by Crippen LogP contribution is -2.32. The SMILES string of the molecule is CCSC1CCC(NS(=O)(=O)c2cc(C(=O)O)cs2)C1. The Bertz CT molecular complexity index is 581. The Labute approximate surface area is 126 Å². The van der Waals surface area contributed by atoms with Gasteiger partial charge in [-0.15, -0.1) is 11.3 Å². The van der Waals surface area contributed by atoms with E-state index in [2.05, 4.69) is 11.6 Å². The van der Waals surface area contributed by atoms with Gasteiger partial charge in [0.05, 0.1) is 5.56 Å². The number of sulfonamides is 1. The highest BCUT2D eigenvalue weighted by molar-refractivity contribution is 7.99. The molecule has 1 aliphatic carbocycles. The molecular formula is C12H17NO4S3. The number of hydrogen-bond acceptors (Lipinski definition) is 5. The van der Waals surface area contributed by atoms with Crippen molar-refractivity contribution in [2.24, 2.45) is 0 Å². The maximum Gasteiger partial charge on any atom is 0.336 e. The van der Waals surface area contributed by atoms with Crippen LogP contribution in [0.25, 0.3) is 0 Å². The molecule has 1 aliphatic rings. The first-order chi connectivity index (χ1) is 9.42. The molecule has 112 valence electrons. The summed E-state index contributed by atoms with van der Waals surface area (Å²) in [4.78, 5) is 10.8. The van der Waals surface area contributed by atoms with Crippen molar-refractivity contribution in [2.45, 2.75) is 41.7 Å². The number of hydrogen-bond donors (Lipinski definition) is 2. The van der Waals surface area contributed by atoms with Gasteiger partial charge in [0.15, 0.2) is 0 Å². The summed E-state index contributed by atoms with van der Waals surface area (Å²) in [5.74, 6) is -0.0696. The Morgan fingerprint density at radius 2 is 2.30 bits per heavy atom. The lowest BCUT2D eigenvalue weighted by atomic mass is 10.3. The summed E-state index contributed by atoms with van der Waals surface area (Å²) in [5, 5.41) is 10.7. The van der Waals surface area contributed by atoms with E-state index in [0.29, 0.717) is 5.25 Å². The van der Waals surface area contributed by atoms with Gasteiger partial charge in [0.2, 0.25) is 10.0 Å². The predicted molar refractivity (Wildman–Crippen MR) is 81.2 cm³/mol. The first-order valence-electron chi connectivity index (χ1n) is 6.38. The third kappa shape index (κ3) is 3.75. The van der Waals surface area contributed by atoms with Crippen molar-refractivity contribution < 1.29 is 18.3 Å². The standard InChI is InChI=1S/C12H17NO4S3/c1-2-18-10-4-3-9(6-10)13-20(16,17)11-5-8(7-19-11)12(14)15/h5,7,9-10,13H,2-4,6H2,1H3,(H,14,15). The fourth-order valence-corrected chi connectivity index (χ4v) is 5.88. The fraction of sp³-hybridized carbons (Fsp3) is 0.583. The summed E-state index contributed by atoms with van der Waals surface area (Å²) in [7, 11) is -3.60. The molecule has 8 heteroatoms. The molecule has 1 aromatic heterocycles. The highest BCUT2D eigenvalue weighted by Crippen LogP contribution is 2.31. The van der Waals surface area contributed by atoms with E-state index >= 15 is 0 Å². The molecule has 20 heavy (non-hydrogen) atoms. The van der Waals surface area contributed by atoms with Crippen LogP contribution >= 0.6 is 23.1 Å². The first-order valence-corrected chi connectivity index (χ1v) is 9.79. The Balaban J connectivity index is 2.02. The van der Waals surface area contributed by atoms with E-state index in [4.69, 9.17) is 5.11 Å². The Morgan fingerprint density at radius 1 is 1.55 bits per heavy atom. The molecule has 2 unspecified atom stereocenters. The lowest BCUT2D eigenvalue weighted by Gasteiger charge is -2.12. The van der Waals surface area contributed by atoms with E-state index in [0.717, 1.165) is 36.4 Å². The summed E-state index contributed by atoms with van der Waals surface area (Å²) in [5.41, 5.74) is 0.0150. The van der Waals surface area contributed by atoms with Crippen LogP contribution in [0.5, 0.6) is 0 Å². The lowest BCUT2D eigenvalue weighted by molar-refractivity contribution is 0.0697. The number of thiophene rings is 1. The molecule has 1 fully saturated rings. The van der Waals surface area contributed by atoms with Crippen molar-refractivity contribution in [1.82, 2.24) is 4.72 Å². The molecule has 2 atom stereocenters. The number of thioether (sulfide) groups is 1. The average Bonchev–Trinajstić information content (AvgIpc) is 2.98. The van der Waals surface area contributed by atoms with Crippen LogP contribution in [-0.4, -0.2) is 36.5 Å². The van der Waals surface area contributed by atoms with Crippen molar-refractivity contribution >= 4 is 39.1 Å². The maximum atomic E-state index is 12.2. The molecule has 0 radical (unpaired) electrons. The molecule has 0 bridgehead atoms. The Morgan fingerprint density at radius 3 is 2.90 bits per heavy atom. The second-order valence-corrected chi connectivity index (χ2v) is 9.10. The van der Waals surface area contributed by atoms with Gasteiger partial charge in [0, 0.05) is 16.7 Å². The van der Waals surface area contributed by atoms with E-state index in [1.54, 1.807) is 0 Å². The van der Waals surface area contributed by atoms with Crippen LogP contribution in [-0.2, 0) is 10.0 Å². The minimum atomic E-state index is -3.60. The molecule has 0 aromatic carbocycles. The zero-order valence-corrected chi connectivity index (χ0v) is 13.5. The summed E-state index contributed by atoms with van der Waals surface area (Å²) in [6, 6.07) is 1.17. The molecule has 0 spiro atoms. The monoisotopic (exact) mass is 335 g/mol. The number of aromatic carboxylic acids is 1. The van der Waals surface area contributed by atoms with Crippen molar-refractivity contribution in [2.75, 3.05) is 5.75 Å². The number of carbonyl (C=O) groups is 1. The van der Waals surface area contributed by atoms with Gasteiger partial charge in [-0.2, -0.15) is 11.8 Å². The smallest absolute Gasteiger partial charge is 0.336 e. The van der Waals surface area contributed by atoms with Gasteiger partial charge in [-0.05, 0) is 31.1 Å². The van der Waals surface area contributed by atoms with E-state index in [9.17, 15) is 13.2 Å². The zero-order valence-electron chi connectivity index (χ0n) is 11.0. The third-order valence-corrected chi connectivity index (χ3v) is 7.39. The van der Waals surface area contributed by atoms with E-state index < -0.39 is 16.0 Å². The predicted octanol–water partition coefficient (Wildman–Crippen LogP) is 2.40. The molecule has 2 rings (SSSR count). The van der Waals surface area contributed by atoms with Gasteiger partial charge in [-0.25, -0.2) is 17.9 Å². The average molecular weight is 335 g/mol. The molecule has 0 aliphatic heterocycles. The van der Waals surface area contributed by atoms with Crippen LogP contribution in [0, 0.1) is 0 Å². The molecule has 1 heterocycles.